The van der Waals surface area contributed by atoms with Crippen molar-refractivity contribution in [3.8, 4) is 6.07 Å². The SMILES string of the molecule is Cc1ccc2scnc2c1C#N. The van der Waals surface area contributed by atoms with E-state index in [1.54, 1.807) is 16.8 Å². The second-order valence-corrected chi connectivity index (χ2v) is 3.45. The van der Waals surface area contributed by atoms with Crippen LogP contribution in [0.3, 0.4) is 0 Å². The molecular weight excluding hydrogens is 168 g/mol. The first-order valence-electron chi connectivity index (χ1n) is 3.56. The van der Waals surface area contributed by atoms with Crippen molar-refractivity contribution in [1.29, 1.82) is 5.26 Å². The van der Waals surface area contributed by atoms with E-state index in [4.69, 9.17) is 5.26 Å². The van der Waals surface area contributed by atoms with Gasteiger partial charge in [0.2, 0.25) is 0 Å². The summed E-state index contributed by atoms with van der Waals surface area (Å²) in [6.45, 7) is 1.93. The molecule has 0 radical (unpaired) electrons. The highest BCUT2D eigenvalue weighted by Crippen LogP contribution is 2.23. The van der Waals surface area contributed by atoms with Crippen molar-refractivity contribution in [3.05, 3.63) is 28.8 Å². The third-order valence-electron chi connectivity index (χ3n) is 1.82. The number of benzene rings is 1. The van der Waals surface area contributed by atoms with Crippen LogP contribution in [0.1, 0.15) is 11.1 Å². The molecule has 0 aliphatic rings. The van der Waals surface area contributed by atoms with Crippen LogP contribution in [0.2, 0.25) is 0 Å². The predicted molar refractivity (Wildman–Crippen MR) is 49.1 cm³/mol. The van der Waals surface area contributed by atoms with Crippen LogP contribution in [0.25, 0.3) is 10.2 Å². The lowest BCUT2D eigenvalue weighted by atomic mass is 10.1. The summed E-state index contributed by atoms with van der Waals surface area (Å²) in [5.74, 6) is 0. The number of nitriles is 1. The topological polar surface area (TPSA) is 36.7 Å². The fourth-order valence-corrected chi connectivity index (χ4v) is 1.86. The molecular formula is C9H6N2S. The molecule has 1 aromatic carbocycles. The Labute approximate surface area is 74.1 Å². The lowest BCUT2D eigenvalue weighted by molar-refractivity contribution is 1.39. The minimum Gasteiger partial charge on any atom is -0.243 e. The van der Waals surface area contributed by atoms with Crippen LogP contribution in [0.5, 0.6) is 0 Å². The molecule has 0 saturated carbocycles. The first-order chi connectivity index (χ1) is 5.83. The number of hydrogen-bond donors (Lipinski definition) is 0. The number of fused-ring (bicyclic) bond motifs is 1. The van der Waals surface area contributed by atoms with Crippen molar-refractivity contribution in [2.24, 2.45) is 0 Å². The van der Waals surface area contributed by atoms with Crippen LogP contribution in [-0.4, -0.2) is 4.98 Å². The van der Waals surface area contributed by atoms with Gasteiger partial charge in [-0.25, -0.2) is 4.98 Å². The van der Waals surface area contributed by atoms with Crippen molar-refractivity contribution in [1.82, 2.24) is 4.98 Å². The molecule has 58 valence electrons. The van der Waals surface area contributed by atoms with Crippen molar-refractivity contribution in [2.75, 3.05) is 0 Å². The molecule has 0 atom stereocenters. The first-order valence-corrected chi connectivity index (χ1v) is 4.44. The van der Waals surface area contributed by atoms with Crippen LogP contribution in [0.15, 0.2) is 17.6 Å². The Kier molecular flexibility index (Phi) is 1.56. The predicted octanol–water partition coefficient (Wildman–Crippen LogP) is 2.48. The number of aryl methyl sites for hydroxylation is 1. The summed E-state index contributed by atoms with van der Waals surface area (Å²) in [5.41, 5.74) is 4.30. The number of aromatic nitrogens is 1. The molecule has 2 rings (SSSR count). The molecule has 1 aromatic heterocycles. The van der Waals surface area contributed by atoms with Gasteiger partial charge in [-0.3, -0.25) is 0 Å². The highest BCUT2D eigenvalue weighted by atomic mass is 32.1. The normalized spacial score (nSPS) is 10.0. The van der Waals surface area contributed by atoms with Crippen LogP contribution < -0.4 is 0 Å². The molecule has 0 aliphatic heterocycles. The van der Waals surface area contributed by atoms with E-state index in [1.807, 2.05) is 19.1 Å². The fourth-order valence-electron chi connectivity index (χ4n) is 1.17. The zero-order valence-electron chi connectivity index (χ0n) is 6.53. The lowest BCUT2D eigenvalue weighted by Crippen LogP contribution is -1.82. The molecule has 2 nitrogen and oxygen atoms in total. The number of hydrogen-bond acceptors (Lipinski definition) is 3. The minimum atomic E-state index is 0.703. The molecule has 0 N–H and O–H groups in total. The number of thiazole rings is 1. The highest BCUT2D eigenvalue weighted by Gasteiger charge is 2.05. The number of rotatable bonds is 0. The minimum absolute atomic E-state index is 0.703. The maximum absolute atomic E-state index is 8.85. The Morgan fingerprint density at radius 1 is 1.50 bits per heavy atom. The Morgan fingerprint density at radius 2 is 2.33 bits per heavy atom. The smallest absolute Gasteiger partial charge is 0.102 e. The van der Waals surface area contributed by atoms with Gasteiger partial charge in [-0.1, -0.05) is 6.07 Å². The molecule has 0 bridgehead atoms. The van der Waals surface area contributed by atoms with E-state index in [1.165, 1.54) is 0 Å². The third kappa shape index (κ3) is 0.892. The van der Waals surface area contributed by atoms with Gasteiger partial charge in [0.05, 0.1) is 21.3 Å². The molecule has 0 aliphatic carbocycles. The molecule has 3 heteroatoms. The summed E-state index contributed by atoms with van der Waals surface area (Å²) in [4.78, 5) is 4.15. The zero-order chi connectivity index (χ0) is 8.55. The van der Waals surface area contributed by atoms with E-state index in [9.17, 15) is 0 Å². The fraction of sp³-hybridized carbons (Fsp3) is 0.111. The monoisotopic (exact) mass is 174 g/mol. The van der Waals surface area contributed by atoms with Crippen molar-refractivity contribution in [2.45, 2.75) is 6.92 Å². The summed E-state index contributed by atoms with van der Waals surface area (Å²) < 4.78 is 1.08. The molecule has 0 amide bonds. The molecule has 0 saturated heterocycles. The van der Waals surface area contributed by atoms with Crippen LogP contribution in [0.4, 0.5) is 0 Å². The van der Waals surface area contributed by atoms with Gasteiger partial charge in [0.1, 0.15) is 6.07 Å². The van der Waals surface area contributed by atoms with Gasteiger partial charge in [-0.15, -0.1) is 11.3 Å². The molecule has 12 heavy (non-hydrogen) atoms. The maximum atomic E-state index is 8.85. The lowest BCUT2D eigenvalue weighted by Gasteiger charge is -1.95. The summed E-state index contributed by atoms with van der Waals surface area (Å²) in [5, 5.41) is 8.85. The molecule has 0 fully saturated rings. The van der Waals surface area contributed by atoms with E-state index in [-0.39, 0.29) is 0 Å². The molecule has 0 spiro atoms. The standard InChI is InChI=1S/C9H6N2S/c1-6-2-3-8-9(7(6)4-10)11-5-12-8/h2-3,5H,1H3. The van der Waals surface area contributed by atoms with Crippen LogP contribution in [0, 0.1) is 18.3 Å². The van der Waals surface area contributed by atoms with Crippen molar-refractivity contribution in [3.63, 3.8) is 0 Å². The summed E-state index contributed by atoms with van der Waals surface area (Å²) in [6.07, 6.45) is 0. The van der Waals surface area contributed by atoms with Gasteiger partial charge in [-0.05, 0) is 18.6 Å². The Bertz CT molecular complexity index is 465. The van der Waals surface area contributed by atoms with E-state index < -0.39 is 0 Å². The van der Waals surface area contributed by atoms with E-state index in [0.29, 0.717) is 5.56 Å². The molecule has 0 unspecified atom stereocenters. The highest BCUT2D eigenvalue weighted by molar-refractivity contribution is 7.16. The zero-order valence-corrected chi connectivity index (χ0v) is 7.35. The summed E-state index contributed by atoms with van der Waals surface area (Å²) in [7, 11) is 0. The van der Waals surface area contributed by atoms with Gasteiger partial charge in [-0.2, -0.15) is 5.26 Å². The van der Waals surface area contributed by atoms with Gasteiger partial charge in [0, 0.05) is 0 Å². The average Bonchev–Trinajstić information content (AvgIpc) is 2.52. The van der Waals surface area contributed by atoms with Gasteiger partial charge < -0.3 is 0 Å². The second-order valence-electron chi connectivity index (χ2n) is 2.57. The molecule has 1 heterocycles. The van der Waals surface area contributed by atoms with Gasteiger partial charge >= 0.3 is 0 Å². The van der Waals surface area contributed by atoms with E-state index in [2.05, 4.69) is 11.1 Å². The number of nitrogens with zero attached hydrogens (tertiary/aromatic N) is 2. The van der Waals surface area contributed by atoms with E-state index in [0.717, 1.165) is 15.8 Å². The Hall–Kier alpha value is -1.40. The largest absolute Gasteiger partial charge is 0.243 e. The Morgan fingerprint density at radius 3 is 3.08 bits per heavy atom. The first kappa shape index (κ1) is 7.26. The summed E-state index contributed by atoms with van der Waals surface area (Å²) >= 11 is 1.56. The van der Waals surface area contributed by atoms with Gasteiger partial charge in [0.25, 0.3) is 0 Å². The second kappa shape index (κ2) is 2.58. The maximum Gasteiger partial charge on any atom is 0.102 e. The quantitative estimate of drug-likeness (QED) is 0.615. The van der Waals surface area contributed by atoms with Crippen LogP contribution >= 0.6 is 11.3 Å². The average molecular weight is 174 g/mol. The van der Waals surface area contributed by atoms with Crippen LogP contribution in [-0.2, 0) is 0 Å². The third-order valence-corrected chi connectivity index (χ3v) is 2.62. The van der Waals surface area contributed by atoms with Gasteiger partial charge in [0.15, 0.2) is 0 Å². The molecule has 2 aromatic rings. The Balaban J connectivity index is 2.94. The summed E-state index contributed by atoms with van der Waals surface area (Å²) in [6, 6.07) is 6.13. The van der Waals surface area contributed by atoms with E-state index >= 15 is 0 Å². The van der Waals surface area contributed by atoms with Crippen molar-refractivity contribution < 1.29 is 0 Å². The van der Waals surface area contributed by atoms with Crippen molar-refractivity contribution >= 4 is 21.6 Å².